The maximum Gasteiger partial charge on any atom is 0.318 e. The van der Waals surface area contributed by atoms with Gasteiger partial charge in [0, 0.05) is 12.1 Å². The Hall–Kier alpha value is -2.17. The van der Waals surface area contributed by atoms with Crippen LogP contribution in [0.15, 0.2) is 30.3 Å². The number of rotatable bonds is 2. The lowest BCUT2D eigenvalue weighted by molar-refractivity contribution is -0.154. The van der Waals surface area contributed by atoms with E-state index in [0.29, 0.717) is 24.9 Å². The first kappa shape index (κ1) is 13.3. The standard InChI is InChI=1S/C14H15NO4/c1-19-14(18)11-8-5-9-15(13(11)17)12(16)10-6-3-2-4-7-10/h2-4,6-7,11H,5,8-9H2,1H3. The highest BCUT2D eigenvalue weighted by Gasteiger charge is 2.37. The Morgan fingerprint density at radius 3 is 2.58 bits per heavy atom. The molecule has 0 bridgehead atoms. The first-order valence-corrected chi connectivity index (χ1v) is 6.13. The first-order valence-electron chi connectivity index (χ1n) is 6.13. The van der Waals surface area contributed by atoms with Crippen molar-refractivity contribution in [3.8, 4) is 0 Å². The molecule has 2 rings (SSSR count). The molecule has 1 fully saturated rings. The molecule has 1 aliphatic rings. The zero-order valence-corrected chi connectivity index (χ0v) is 10.7. The van der Waals surface area contributed by atoms with Crippen LogP contribution in [0.5, 0.6) is 0 Å². The van der Waals surface area contributed by atoms with E-state index in [2.05, 4.69) is 4.74 Å². The van der Waals surface area contributed by atoms with Crippen LogP contribution in [0.3, 0.4) is 0 Å². The van der Waals surface area contributed by atoms with Crippen molar-refractivity contribution in [3.63, 3.8) is 0 Å². The number of likely N-dealkylation sites (tertiary alicyclic amines) is 1. The highest BCUT2D eigenvalue weighted by Crippen LogP contribution is 2.21. The molecule has 5 heteroatoms. The number of carbonyl (C=O) groups is 3. The summed E-state index contributed by atoms with van der Waals surface area (Å²) in [6.07, 6.45) is 1.05. The lowest BCUT2D eigenvalue weighted by Crippen LogP contribution is -2.47. The summed E-state index contributed by atoms with van der Waals surface area (Å²) in [6, 6.07) is 8.57. The molecule has 1 aromatic rings. The molecule has 5 nitrogen and oxygen atoms in total. The van der Waals surface area contributed by atoms with Gasteiger partial charge in [0.1, 0.15) is 5.92 Å². The van der Waals surface area contributed by atoms with Gasteiger partial charge in [-0.25, -0.2) is 0 Å². The molecule has 1 atom stereocenters. The summed E-state index contributed by atoms with van der Waals surface area (Å²) in [6.45, 7) is 0.347. The van der Waals surface area contributed by atoms with Gasteiger partial charge in [0.25, 0.3) is 5.91 Å². The molecule has 100 valence electrons. The number of imide groups is 1. The Kier molecular flexibility index (Phi) is 3.94. The molecular formula is C14H15NO4. The van der Waals surface area contributed by atoms with Crippen LogP contribution in [0.4, 0.5) is 0 Å². The molecule has 0 radical (unpaired) electrons. The fraction of sp³-hybridized carbons (Fsp3) is 0.357. The Labute approximate surface area is 111 Å². The van der Waals surface area contributed by atoms with Crippen molar-refractivity contribution < 1.29 is 19.1 Å². The van der Waals surface area contributed by atoms with Gasteiger partial charge in [-0.15, -0.1) is 0 Å². The normalized spacial score (nSPS) is 19.1. The van der Waals surface area contributed by atoms with Crippen molar-refractivity contribution in [1.82, 2.24) is 4.90 Å². The van der Waals surface area contributed by atoms with Gasteiger partial charge in [-0.3, -0.25) is 19.3 Å². The van der Waals surface area contributed by atoms with Crippen LogP contribution in [0.2, 0.25) is 0 Å². The van der Waals surface area contributed by atoms with E-state index in [-0.39, 0.29) is 5.91 Å². The predicted octanol–water partition coefficient (Wildman–Crippen LogP) is 1.24. The van der Waals surface area contributed by atoms with E-state index in [1.165, 1.54) is 7.11 Å². The molecule has 0 aromatic heterocycles. The molecule has 0 aliphatic carbocycles. The van der Waals surface area contributed by atoms with E-state index in [0.717, 1.165) is 4.90 Å². The summed E-state index contributed by atoms with van der Waals surface area (Å²) < 4.78 is 4.60. The molecule has 0 N–H and O–H groups in total. The second-order valence-electron chi connectivity index (χ2n) is 4.38. The summed E-state index contributed by atoms with van der Waals surface area (Å²) in [7, 11) is 1.24. The first-order chi connectivity index (χ1) is 9.15. The molecular weight excluding hydrogens is 246 g/mol. The monoisotopic (exact) mass is 261 g/mol. The summed E-state index contributed by atoms with van der Waals surface area (Å²) in [5, 5.41) is 0. The van der Waals surface area contributed by atoms with Crippen molar-refractivity contribution >= 4 is 17.8 Å². The van der Waals surface area contributed by atoms with Crippen LogP contribution < -0.4 is 0 Å². The summed E-state index contributed by atoms with van der Waals surface area (Å²) in [5.41, 5.74) is 0.446. The lowest BCUT2D eigenvalue weighted by atomic mass is 9.96. The zero-order valence-electron chi connectivity index (χ0n) is 10.7. The number of hydrogen-bond donors (Lipinski definition) is 0. The van der Waals surface area contributed by atoms with Crippen molar-refractivity contribution in [3.05, 3.63) is 35.9 Å². The summed E-state index contributed by atoms with van der Waals surface area (Å²) >= 11 is 0. The number of hydrogen-bond acceptors (Lipinski definition) is 4. The van der Waals surface area contributed by atoms with Crippen LogP contribution in [0, 0.1) is 5.92 Å². The highest BCUT2D eigenvalue weighted by molar-refractivity contribution is 6.10. The molecule has 1 heterocycles. The van der Waals surface area contributed by atoms with E-state index in [9.17, 15) is 14.4 Å². The van der Waals surface area contributed by atoms with Crippen molar-refractivity contribution in [2.45, 2.75) is 12.8 Å². The van der Waals surface area contributed by atoms with Gasteiger partial charge < -0.3 is 4.74 Å². The minimum Gasteiger partial charge on any atom is -0.468 e. The number of ether oxygens (including phenoxy) is 1. The molecule has 1 saturated heterocycles. The van der Waals surface area contributed by atoms with Crippen LogP contribution in [0.25, 0.3) is 0 Å². The third kappa shape index (κ3) is 2.65. The number of nitrogens with zero attached hydrogens (tertiary/aromatic N) is 1. The predicted molar refractivity (Wildman–Crippen MR) is 67.2 cm³/mol. The average molecular weight is 261 g/mol. The second-order valence-corrected chi connectivity index (χ2v) is 4.38. The van der Waals surface area contributed by atoms with Crippen molar-refractivity contribution in [1.29, 1.82) is 0 Å². The molecule has 0 saturated carbocycles. The summed E-state index contributed by atoms with van der Waals surface area (Å²) in [4.78, 5) is 37.0. The fourth-order valence-electron chi connectivity index (χ4n) is 2.17. The maximum absolute atomic E-state index is 12.2. The zero-order chi connectivity index (χ0) is 13.8. The van der Waals surface area contributed by atoms with Crippen molar-refractivity contribution in [2.24, 2.45) is 5.92 Å². The van der Waals surface area contributed by atoms with Gasteiger partial charge in [0.05, 0.1) is 7.11 Å². The Balaban J connectivity index is 2.18. The SMILES string of the molecule is COC(=O)C1CCCN(C(=O)c2ccccc2)C1=O. The third-order valence-corrected chi connectivity index (χ3v) is 3.19. The lowest BCUT2D eigenvalue weighted by Gasteiger charge is -2.29. The Bertz CT molecular complexity index is 497. The van der Waals surface area contributed by atoms with Crippen LogP contribution in [-0.4, -0.2) is 36.3 Å². The molecule has 1 unspecified atom stereocenters. The van der Waals surface area contributed by atoms with Crippen LogP contribution in [-0.2, 0) is 14.3 Å². The molecule has 1 aromatic carbocycles. The average Bonchev–Trinajstić information content (AvgIpc) is 2.47. The van der Waals surface area contributed by atoms with E-state index in [4.69, 9.17) is 0 Å². The minimum atomic E-state index is -0.855. The number of amides is 2. The topological polar surface area (TPSA) is 63.7 Å². The van der Waals surface area contributed by atoms with E-state index in [1.54, 1.807) is 30.3 Å². The van der Waals surface area contributed by atoms with Gasteiger partial charge in [-0.05, 0) is 25.0 Å². The number of esters is 1. The third-order valence-electron chi connectivity index (χ3n) is 3.19. The molecule has 0 spiro atoms. The van der Waals surface area contributed by atoms with Gasteiger partial charge >= 0.3 is 5.97 Å². The minimum absolute atomic E-state index is 0.347. The molecule has 19 heavy (non-hydrogen) atoms. The van der Waals surface area contributed by atoms with Gasteiger partial charge in [-0.2, -0.15) is 0 Å². The number of benzene rings is 1. The smallest absolute Gasteiger partial charge is 0.318 e. The second kappa shape index (κ2) is 5.65. The van der Waals surface area contributed by atoms with E-state index < -0.39 is 17.8 Å². The van der Waals surface area contributed by atoms with Gasteiger partial charge in [0.15, 0.2) is 0 Å². The molecule has 2 amide bonds. The Morgan fingerprint density at radius 1 is 1.26 bits per heavy atom. The fourth-order valence-corrected chi connectivity index (χ4v) is 2.17. The summed E-state index contributed by atoms with van der Waals surface area (Å²) in [5.74, 6) is -2.26. The van der Waals surface area contributed by atoms with Crippen molar-refractivity contribution in [2.75, 3.05) is 13.7 Å². The highest BCUT2D eigenvalue weighted by atomic mass is 16.5. The quantitative estimate of drug-likeness (QED) is 0.456. The number of carbonyl (C=O) groups excluding carboxylic acids is 3. The van der Waals surface area contributed by atoms with E-state index >= 15 is 0 Å². The molecule has 1 aliphatic heterocycles. The largest absolute Gasteiger partial charge is 0.468 e. The number of methoxy groups -OCH3 is 1. The van der Waals surface area contributed by atoms with Gasteiger partial charge in [-0.1, -0.05) is 18.2 Å². The van der Waals surface area contributed by atoms with Crippen LogP contribution in [0.1, 0.15) is 23.2 Å². The van der Waals surface area contributed by atoms with E-state index in [1.807, 2.05) is 0 Å². The maximum atomic E-state index is 12.2. The number of piperidine rings is 1. The van der Waals surface area contributed by atoms with Gasteiger partial charge in [0.2, 0.25) is 5.91 Å². The Morgan fingerprint density at radius 2 is 1.95 bits per heavy atom. The van der Waals surface area contributed by atoms with Crippen LogP contribution >= 0.6 is 0 Å².